The Kier molecular flexibility index (Phi) is 5.75. The van der Waals surface area contributed by atoms with E-state index in [1.54, 1.807) is 18.2 Å². The van der Waals surface area contributed by atoms with Crippen LogP contribution in [0, 0.1) is 0 Å². The maximum atomic E-state index is 9.66. The lowest BCUT2D eigenvalue weighted by molar-refractivity contribution is 0.364. The van der Waals surface area contributed by atoms with Crippen LogP contribution in [0.5, 0.6) is 5.75 Å². The summed E-state index contributed by atoms with van der Waals surface area (Å²) in [6, 6.07) is 5.53. The summed E-state index contributed by atoms with van der Waals surface area (Å²) in [5.74, 6) is 0.293. The van der Waals surface area contributed by atoms with E-state index in [1.807, 2.05) is 0 Å². The van der Waals surface area contributed by atoms with Crippen LogP contribution in [0.2, 0.25) is 5.02 Å². The lowest BCUT2D eigenvalue weighted by Crippen LogP contribution is -2.29. The molecule has 96 valence electrons. The van der Waals surface area contributed by atoms with Crippen molar-refractivity contribution in [3.63, 3.8) is 0 Å². The highest BCUT2D eigenvalue weighted by Gasteiger charge is 2.05. The van der Waals surface area contributed by atoms with Crippen molar-refractivity contribution in [2.24, 2.45) is 0 Å². The molecule has 0 saturated heterocycles. The first-order valence-electron chi connectivity index (χ1n) is 5.84. The van der Waals surface area contributed by atoms with Crippen molar-refractivity contribution < 1.29 is 5.11 Å². The lowest BCUT2D eigenvalue weighted by atomic mass is 10.1. The highest BCUT2D eigenvalue weighted by Crippen LogP contribution is 2.21. The highest BCUT2D eigenvalue weighted by molar-refractivity contribution is 6.30. The molecule has 4 heteroatoms. The van der Waals surface area contributed by atoms with Crippen molar-refractivity contribution >= 4 is 11.6 Å². The number of hydrogen-bond acceptors (Lipinski definition) is 3. The van der Waals surface area contributed by atoms with Crippen molar-refractivity contribution in [2.75, 3.05) is 20.6 Å². The van der Waals surface area contributed by atoms with E-state index in [1.165, 1.54) is 0 Å². The van der Waals surface area contributed by atoms with Gasteiger partial charge < -0.3 is 15.3 Å². The van der Waals surface area contributed by atoms with E-state index in [2.05, 4.69) is 31.2 Å². The molecule has 1 aromatic rings. The molecule has 1 atom stereocenters. The van der Waals surface area contributed by atoms with E-state index in [0.29, 0.717) is 23.4 Å². The first kappa shape index (κ1) is 14.3. The Balaban J connectivity index is 2.41. The number of halogens is 1. The second kappa shape index (κ2) is 6.84. The summed E-state index contributed by atoms with van der Waals surface area (Å²) in [5, 5.41) is 13.7. The van der Waals surface area contributed by atoms with Gasteiger partial charge in [0.15, 0.2) is 0 Å². The smallest absolute Gasteiger partial charge is 0.120 e. The van der Waals surface area contributed by atoms with E-state index in [-0.39, 0.29) is 0 Å². The minimum atomic E-state index is 0.293. The summed E-state index contributed by atoms with van der Waals surface area (Å²) in [6.45, 7) is 3.84. The van der Waals surface area contributed by atoms with Gasteiger partial charge in [-0.25, -0.2) is 0 Å². The number of hydrogen-bond donors (Lipinski definition) is 2. The van der Waals surface area contributed by atoms with Crippen molar-refractivity contribution in [1.29, 1.82) is 0 Å². The molecule has 3 nitrogen and oxygen atoms in total. The van der Waals surface area contributed by atoms with E-state index >= 15 is 0 Å². The molecule has 0 aliphatic heterocycles. The number of aromatic hydroxyl groups is 1. The largest absolute Gasteiger partial charge is 0.508 e. The molecule has 0 aliphatic carbocycles. The molecule has 0 bridgehead atoms. The summed E-state index contributed by atoms with van der Waals surface area (Å²) in [4.78, 5) is 2.16. The third-order valence-electron chi connectivity index (χ3n) is 2.69. The molecule has 2 N–H and O–H groups in total. The second-order valence-electron chi connectivity index (χ2n) is 4.65. The zero-order valence-corrected chi connectivity index (χ0v) is 11.5. The first-order valence-corrected chi connectivity index (χ1v) is 6.22. The molecule has 17 heavy (non-hydrogen) atoms. The Morgan fingerprint density at radius 3 is 2.76 bits per heavy atom. The zero-order valence-electron chi connectivity index (χ0n) is 10.7. The van der Waals surface area contributed by atoms with Gasteiger partial charge in [0.1, 0.15) is 5.75 Å². The summed E-state index contributed by atoms with van der Waals surface area (Å²) in [6.07, 6.45) is 1.08. The van der Waals surface area contributed by atoms with Gasteiger partial charge in [-0.2, -0.15) is 0 Å². The van der Waals surface area contributed by atoms with Gasteiger partial charge in [0, 0.05) is 23.2 Å². The number of rotatable bonds is 6. The normalized spacial score (nSPS) is 13.0. The molecule has 0 heterocycles. The van der Waals surface area contributed by atoms with E-state index in [0.717, 1.165) is 18.5 Å². The van der Waals surface area contributed by atoms with Crippen LogP contribution in [0.15, 0.2) is 18.2 Å². The average Bonchev–Trinajstić information content (AvgIpc) is 2.27. The molecule has 0 saturated carbocycles. The minimum absolute atomic E-state index is 0.293. The first-order chi connectivity index (χ1) is 7.99. The fraction of sp³-hybridized carbons (Fsp3) is 0.538. The van der Waals surface area contributed by atoms with Gasteiger partial charge in [0.25, 0.3) is 0 Å². The number of phenolic OH excluding ortho intramolecular Hbond substituents is 1. The maximum Gasteiger partial charge on any atom is 0.120 e. The van der Waals surface area contributed by atoms with Crippen LogP contribution in [0.1, 0.15) is 18.9 Å². The molecule has 0 spiro atoms. The predicted octanol–water partition coefficient (Wildman–Crippen LogP) is 2.48. The Morgan fingerprint density at radius 1 is 1.41 bits per heavy atom. The summed E-state index contributed by atoms with van der Waals surface area (Å²) >= 11 is 5.89. The lowest BCUT2D eigenvalue weighted by Gasteiger charge is -2.17. The number of nitrogens with one attached hydrogen (secondary N) is 1. The van der Waals surface area contributed by atoms with Crippen LogP contribution in [0.25, 0.3) is 0 Å². The average molecular weight is 257 g/mol. The molecule has 1 rings (SSSR count). The van der Waals surface area contributed by atoms with Crippen LogP contribution >= 0.6 is 11.6 Å². The van der Waals surface area contributed by atoms with Gasteiger partial charge in [0.05, 0.1) is 0 Å². The molecule has 0 amide bonds. The van der Waals surface area contributed by atoms with Crippen molar-refractivity contribution in [2.45, 2.75) is 25.9 Å². The summed E-state index contributed by atoms with van der Waals surface area (Å²) in [5.41, 5.74) is 0.842. The van der Waals surface area contributed by atoms with E-state index in [9.17, 15) is 5.11 Å². The van der Waals surface area contributed by atoms with E-state index in [4.69, 9.17) is 11.6 Å². The molecule has 0 aromatic heterocycles. The number of nitrogens with zero attached hydrogens (tertiary/aromatic N) is 1. The van der Waals surface area contributed by atoms with E-state index < -0.39 is 0 Å². The van der Waals surface area contributed by atoms with Crippen LogP contribution < -0.4 is 5.32 Å². The maximum absolute atomic E-state index is 9.66. The standard InChI is InChI=1S/C13H21ClN2O/c1-10(6-7-16(2)3)15-9-11-8-12(14)4-5-13(11)17/h4-5,8,10,15,17H,6-7,9H2,1-3H3. The third kappa shape index (κ3) is 5.39. The molecular weight excluding hydrogens is 236 g/mol. The zero-order chi connectivity index (χ0) is 12.8. The van der Waals surface area contributed by atoms with Crippen LogP contribution in [-0.2, 0) is 6.54 Å². The molecule has 1 aromatic carbocycles. The third-order valence-corrected chi connectivity index (χ3v) is 2.93. The minimum Gasteiger partial charge on any atom is -0.508 e. The molecular formula is C13H21ClN2O. The van der Waals surface area contributed by atoms with Gasteiger partial charge >= 0.3 is 0 Å². The Morgan fingerprint density at radius 2 is 2.12 bits per heavy atom. The quantitative estimate of drug-likeness (QED) is 0.821. The van der Waals surface area contributed by atoms with Crippen LogP contribution in [0.3, 0.4) is 0 Å². The van der Waals surface area contributed by atoms with Gasteiger partial charge in [-0.1, -0.05) is 11.6 Å². The summed E-state index contributed by atoms with van der Waals surface area (Å²) < 4.78 is 0. The Labute approximate surface area is 108 Å². The van der Waals surface area contributed by atoms with Gasteiger partial charge in [-0.05, 0) is 52.2 Å². The van der Waals surface area contributed by atoms with Crippen molar-refractivity contribution in [3.8, 4) is 5.75 Å². The number of phenols is 1. The fourth-order valence-electron chi connectivity index (χ4n) is 1.53. The topological polar surface area (TPSA) is 35.5 Å². The van der Waals surface area contributed by atoms with Crippen molar-refractivity contribution in [3.05, 3.63) is 28.8 Å². The Bertz CT molecular complexity index is 355. The SMILES string of the molecule is CC(CCN(C)C)NCc1cc(Cl)ccc1O. The second-order valence-corrected chi connectivity index (χ2v) is 5.08. The highest BCUT2D eigenvalue weighted by atomic mass is 35.5. The predicted molar refractivity (Wildman–Crippen MR) is 72.6 cm³/mol. The molecule has 0 fully saturated rings. The van der Waals surface area contributed by atoms with Gasteiger partial charge in [0.2, 0.25) is 0 Å². The Hall–Kier alpha value is -0.770. The van der Waals surface area contributed by atoms with Gasteiger partial charge in [-0.3, -0.25) is 0 Å². The van der Waals surface area contributed by atoms with Crippen LogP contribution in [-0.4, -0.2) is 36.7 Å². The molecule has 0 radical (unpaired) electrons. The number of benzene rings is 1. The van der Waals surface area contributed by atoms with Gasteiger partial charge in [-0.15, -0.1) is 0 Å². The van der Waals surface area contributed by atoms with Crippen molar-refractivity contribution in [1.82, 2.24) is 10.2 Å². The summed E-state index contributed by atoms with van der Waals surface area (Å²) in [7, 11) is 4.13. The monoisotopic (exact) mass is 256 g/mol. The fourth-order valence-corrected chi connectivity index (χ4v) is 1.73. The molecule has 1 unspecified atom stereocenters. The molecule has 0 aliphatic rings. The van der Waals surface area contributed by atoms with Crippen LogP contribution in [0.4, 0.5) is 0 Å².